The highest BCUT2D eigenvalue weighted by Gasteiger charge is 2.51. The van der Waals surface area contributed by atoms with E-state index in [4.69, 9.17) is 0 Å². The molecule has 188 valence electrons. The lowest BCUT2D eigenvalue weighted by atomic mass is 10.1. The van der Waals surface area contributed by atoms with E-state index in [0.717, 1.165) is 38.5 Å². The first kappa shape index (κ1) is 30.5. The van der Waals surface area contributed by atoms with Crippen LogP contribution in [-0.4, -0.2) is 42.7 Å². The molecule has 12 heteroatoms. The Kier molecular flexibility index (Phi) is 14.5. The molecular weight excluding hydrogens is 682 g/mol. The maximum atomic E-state index is 11.8. The molecule has 0 aliphatic rings. The number of rotatable bonds is 12. The molecule has 2 amide bonds. The highest BCUT2D eigenvalue weighted by molar-refractivity contribution is 14.1. The van der Waals surface area contributed by atoms with Crippen LogP contribution in [0.15, 0.2) is 49.1 Å². The summed E-state index contributed by atoms with van der Waals surface area (Å²) >= 11 is 0.785. The van der Waals surface area contributed by atoms with Crippen molar-refractivity contribution >= 4 is 57.0 Å². The lowest BCUT2D eigenvalue weighted by Gasteiger charge is -2.13. The van der Waals surface area contributed by atoms with Gasteiger partial charge >= 0.3 is 7.86 Å². The van der Waals surface area contributed by atoms with Crippen LogP contribution in [0.2, 0.25) is 0 Å². The van der Waals surface area contributed by atoms with Crippen LogP contribution in [0, 0.1) is 0 Å². The van der Waals surface area contributed by atoms with Crippen molar-refractivity contribution in [3.05, 3.63) is 60.2 Å². The van der Waals surface area contributed by atoms with E-state index in [1.54, 1.807) is 49.1 Å². The van der Waals surface area contributed by atoms with Crippen LogP contribution < -0.4 is 10.6 Å². The molecule has 0 radical (unpaired) electrons. The topological polar surface area (TPSA) is 84.0 Å². The van der Waals surface area contributed by atoms with E-state index in [0.29, 0.717) is 69.4 Å². The van der Waals surface area contributed by atoms with Gasteiger partial charge in [0.25, 0.3) is 11.8 Å². The average Bonchev–Trinajstić information content (AvgIpc) is 2.80. The van der Waals surface area contributed by atoms with Gasteiger partial charge in [-0.25, -0.2) is 0 Å². The fraction of sp³-hybridized carbons (Fsp3) is 0.455. The molecule has 0 fully saturated rings. The summed E-state index contributed by atoms with van der Waals surface area (Å²) in [4.78, 5) is 31.5. The fourth-order valence-corrected chi connectivity index (χ4v) is 2.56. The Hall–Kier alpha value is -1.58. The molecule has 0 saturated carbocycles. The van der Waals surface area contributed by atoms with Crippen molar-refractivity contribution in [1.82, 2.24) is 20.6 Å². The number of hydrogen-bond donors (Lipinski definition) is 2. The lowest BCUT2D eigenvalue weighted by molar-refractivity contribution is -0.0561. The van der Waals surface area contributed by atoms with Crippen molar-refractivity contribution in [2.24, 2.45) is 0 Å². The van der Waals surface area contributed by atoms with Crippen molar-refractivity contribution in [1.29, 1.82) is 0 Å². The van der Waals surface area contributed by atoms with Gasteiger partial charge in [-0.2, -0.15) is 17.6 Å². The van der Waals surface area contributed by atoms with Gasteiger partial charge in [-0.1, -0.05) is 25.7 Å². The van der Waals surface area contributed by atoms with Crippen LogP contribution in [0.3, 0.4) is 0 Å². The van der Waals surface area contributed by atoms with E-state index in [1.165, 1.54) is 0 Å². The number of aromatic nitrogens is 2. The van der Waals surface area contributed by atoms with Gasteiger partial charge in [-0.15, -0.1) is 0 Å². The minimum Gasteiger partial charge on any atom is -0.352 e. The number of pyridine rings is 2. The number of alkyl halides is 6. The lowest BCUT2D eigenvalue weighted by Crippen LogP contribution is -2.27. The van der Waals surface area contributed by atoms with Crippen LogP contribution >= 0.6 is 45.2 Å². The minimum absolute atomic E-state index is 0.0672. The zero-order valence-corrected chi connectivity index (χ0v) is 22.6. The Morgan fingerprint density at radius 3 is 1.35 bits per heavy atom. The molecule has 0 bridgehead atoms. The number of halogens is 6. The van der Waals surface area contributed by atoms with Gasteiger partial charge in [-0.05, 0) is 37.1 Å². The molecule has 0 atom stereocenters. The zero-order chi connectivity index (χ0) is 25.5. The third-order valence-corrected chi connectivity index (χ3v) is 6.73. The van der Waals surface area contributed by atoms with Crippen molar-refractivity contribution in [3.8, 4) is 0 Å². The molecule has 34 heavy (non-hydrogen) atoms. The summed E-state index contributed by atoms with van der Waals surface area (Å²) in [5.41, 5.74) is 1.20. The molecule has 0 unspecified atom stereocenters. The minimum atomic E-state index is -3.94. The molecule has 2 aromatic rings. The second-order valence-electron chi connectivity index (χ2n) is 7.11. The van der Waals surface area contributed by atoms with Gasteiger partial charge < -0.3 is 10.6 Å². The number of nitrogens with zero attached hydrogens (tertiary/aromatic N) is 2. The zero-order valence-electron chi connectivity index (χ0n) is 18.3. The first-order valence-corrected chi connectivity index (χ1v) is 12.7. The van der Waals surface area contributed by atoms with Crippen molar-refractivity contribution in [3.63, 3.8) is 0 Å². The van der Waals surface area contributed by atoms with E-state index < -0.39 is 7.86 Å². The maximum absolute atomic E-state index is 11.8. The summed E-state index contributed by atoms with van der Waals surface area (Å²) in [5, 5.41) is 5.81. The van der Waals surface area contributed by atoms with Gasteiger partial charge in [0.15, 0.2) is 0 Å². The van der Waals surface area contributed by atoms with Gasteiger partial charge in [0, 0.05) is 83.1 Å². The number of hydrogen-bond acceptors (Lipinski definition) is 4. The van der Waals surface area contributed by atoms with Gasteiger partial charge in [0.2, 0.25) is 0 Å². The molecule has 0 spiro atoms. The quantitative estimate of drug-likeness (QED) is 0.122. The third-order valence-electron chi connectivity index (χ3n) is 4.34. The van der Waals surface area contributed by atoms with E-state index in [2.05, 4.69) is 20.6 Å². The van der Waals surface area contributed by atoms with Crippen molar-refractivity contribution in [2.75, 3.05) is 13.1 Å². The second-order valence-corrected chi connectivity index (χ2v) is 9.82. The molecule has 6 nitrogen and oxygen atoms in total. The Balaban J connectivity index is 0.000000620. The number of amides is 2. The summed E-state index contributed by atoms with van der Waals surface area (Å²) in [6.07, 6.45) is 12.9. The van der Waals surface area contributed by atoms with Crippen LogP contribution in [0.4, 0.5) is 17.6 Å². The SMILES string of the molecule is FC(F)(I)C(F)(F)I.O=C(NCCCCCCCCNC(=O)c1cccnc1)c1cccnc1. The molecule has 2 rings (SSSR count). The number of nitrogens with one attached hydrogen (secondary N) is 2. The molecule has 2 aromatic heterocycles. The molecule has 2 N–H and O–H groups in total. The van der Waals surface area contributed by atoms with E-state index >= 15 is 0 Å². The van der Waals surface area contributed by atoms with Crippen LogP contribution in [-0.2, 0) is 0 Å². The second kappa shape index (κ2) is 16.2. The Morgan fingerprint density at radius 1 is 0.706 bits per heavy atom. The molecule has 0 aliphatic carbocycles. The Bertz CT molecular complexity index is 780. The van der Waals surface area contributed by atoms with E-state index in [9.17, 15) is 27.2 Å². The van der Waals surface area contributed by atoms with Crippen molar-refractivity contribution in [2.45, 2.75) is 46.4 Å². The first-order chi connectivity index (χ1) is 16.0. The standard InChI is InChI=1S/C20H26N4O2.C2F4I2/c25-19(17-9-7-11-21-15-17)23-13-5-3-1-2-4-6-14-24-20(26)18-10-8-12-22-16-18;3-1(4,7)2(5,6)8/h7-12,15-16H,1-6,13-14H2,(H,23,25)(H,24,26);. The largest absolute Gasteiger partial charge is 0.367 e. The monoisotopic (exact) mass is 708 g/mol. The predicted octanol–water partition coefficient (Wildman–Crippen LogP) is 6.02. The number of carbonyl (C=O) groups is 2. The molecular formula is C22H26F4I2N4O2. The highest BCUT2D eigenvalue weighted by Crippen LogP contribution is 2.44. The molecule has 2 heterocycles. The number of unbranched alkanes of at least 4 members (excludes halogenated alkanes) is 5. The maximum Gasteiger partial charge on any atom is 0.367 e. The van der Waals surface area contributed by atoms with Crippen LogP contribution in [0.5, 0.6) is 0 Å². The van der Waals surface area contributed by atoms with Crippen LogP contribution in [0.1, 0.15) is 59.2 Å². The predicted molar refractivity (Wildman–Crippen MR) is 139 cm³/mol. The van der Waals surface area contributed by atoms with E-state index in [1.807, 2.05) is 0 Å². The van der Waals surface area contributed by atoms with Crippen LogP contribution in [0.25, 0.3) is 0 Å². The molecule has 0 aliphatic heterocycles. The summed E-state index contributed by atoms with van der Waals surface area (Å²) in [6, 6.07) is 7.03. The molecule has 0 saturated heterocycles. The van der Waals surface area contributed by atoms with Gasteiger partial charge in [-0.3, -0.25) is 19.6 Å². The summed E-state index contributed by atoms with van der Waals surface area (Å²) in [6.45, 7) is 1.38. The summed E-state index contributed by atoms with van der Waals surface area (Å²) in [7, 11) is 0. The highest BCUT2D eigenvalue weighted by atomic mass is 127. The molecule has 0 aromatic carbocycles. The first-order valence-electron chi connectivity index (χ1n) is 10.5. The summed E-state index contributed by atoms with van der Waals surface area (Å²) in [5.74, 6) is -0.134. The van der Waals surface area contributed by atoms with Crippen molar-refractivity contribution < 1.29 is 27.2 Å². The number of carbonyl (C=O) groups excluding carboxylic acids is 2. The third kappa shape index (κ3) is 13.3. The summed E-state index contributed by atoms with van der Waals surface area (Å²) < 4.78 is 38.0. The van der Waals surface area contributed by atoms with E-state index in [-0.39, 0.29) is 11.8 Å². The smallest absolute Gasteiger partial charge is 0.352 e. The average molecular weight is 708 g/mol. The Labute approximate surface area is 223 Å². The normalized spacial score (nSPS) is 11.2. The van der Waals surface area contributed by atoms with Gasteiger partial charge in [0.05, 0.1) is 11.1 Å². The van der Waals surface area contributed by atoms with Gasteiger partial charge in [0.1, 0.15) is 0 Å². The Morgan fingerprint density at radius 2 is 1.06 bits per heavy atom. The fourth-order valence-electron chi connectivity index (χ4n) is 2.56.